The molecule has 1 saturated heterocycles. The number of ketones is 1. The Morgan fingerprint density at radius 3 is 2.16 bits per heavy atom. The average molecular weight is 636 g/mol. The Morgan fingerprint density at radius 2 is 1.52 bits per heavy atom. The summed E-state index contributed by atoms with van der Waals surface area (Å²) < 4.78 is 5.30. The molecule has 0 bridgehead atoms. The summed E-state index contributed by atoms with van der Waals surface area (Å²) in [5, 5.41) is 12.7. The van der Waals surface area contributed by atoms with Crippen LogP contribution in [0.2, 0.25) is 10.0 Å². The molecule has 13 heteroatoms. The van der Waals surface area contributed by atoms with E-state index in [4.69, 9.17) is 27.9 Å². The molecule has 44 heavy (non-hydrogen) atoms. The number of rotatable bonds is 8. The zero-order chi connectivity index (χ0) is 31.7. The first-order chi connectivity index (χ1) is 20.9. The Labute approximate surface area is 260 Å². The number of allylic oxidation sites excluding steroid dienone is 2. The van der Waals surface area contributed by atoms with Crippen molar-refractivity contribution >= 4 is 58.4 Å². The van der Waals surface area contributed by atoms with Crippen LogP contribution in [-0.2, 0) is 9.59 Å². The largest absolute Gasteiger partial charge is 0.423 e. The molecule has 0 spiro atoms. The second-order valence-corrected chi connectivity index (χ2v) is 11.1. The fourth-order valence-electron chi connectivity index (χ4n) is 5.09. The summed E-state index contributed by atoms with van der Waals surface area (Å²) in [6.45, 7) is 1.22. The fraction of sp³-hybridized carbons (Fsp3) is 0.194. The number of imide groups is 1. The van der Waals surface area contributed by atoms with Crippen LogP contribution in [0, 0.1) is 22.0 Å². The standard InChI is InChI=1S/C31H23Cl2N3O8/c1-17-2-12-23-24(14-17)30(40)35(29(23)39)34(28(38)20-7-13-25(32)26(33)15-20)16-27(37)18-5-10-22(11-6-18)44-31(41)19-3-8-21(9-4-19)36(42)43/h2-11,13,15,23-24H,12,14,16H2,1H3/t23-,24-/m0/s1. The van der Waals surface area contributed by atoms with Crippen LogP contribution in [0.3, 0.4) is 0 Å². The molecule has 0 radical (unpaired) electrons. The molecule has 3 amide bonds. The van der Waals surface area contributed by atoms with Crippen molar-refractivity contribution in [3.63, 3.8) is 0 Å². The van der Waals surface area contributed by atoms with Gasteiger partial charge in [-0.15, -0.1) is 0 Å². The number of halogens is 2. The minimum Gasteiger partial charge on any atom is -0.423 e. The summed E-state index contributed by atoms with van der Waals surface area (Å²) in [4.78, 5) is 76.7. The summed E-state index contributed by atoms with van der Waals surface area (Å²) in [6, 6.07) is 14.4. The van der Waals surface area contributed by atoms with Gasteiger partial charge in [0.15, 0.2) is 5.78 Å². The normalized spacial score (nSPS) is 17.5. The Kier molecular flexibility index (Phi) is 8.61. The smallest absolute Gasteiger partial charge is 0.343 e. The number of amides is 3. The third-order valence-corrected chi connectivity index (χ3v) is 8.18. The lowest BCUT2D eigenvalue weighted by molar-refractivity contribution is -0.384. The van der Waals surface area contributed by atoms with Crippen LogP contribution in [0.5, 0.6) is 5.75 Å². The molecule has 11 nitrogen and oxygen atoms in total. The van der Waals surface area contributed by atoms with Crippen molar-refractivity contribution in [3.05, 3.63) is 115 Å². The van der Waals surface area contributed by atoms with Gasteiger partial charge in [0.05, 0.1) is 32.4 Å². The second kappa shape index (κ2) is 12.4. The second-order valence-electron chi connectivity index (χ2n) is 10.3. The van der Waals surface area contributed by atoms with Crippen LogP contribution in [0.15, 0.2) is 78.4 Å². The van der Waals surface area contributed by atoms with Crippen molar-refractivity contribution in [1.29, 1.82) is 0 Å². The number of nitro groups is 1. The molecule has 224 valence electrons. The number of carbonyl (C=O) groups excluding carboxylic acids is 5. The molecule has 2 atom stereocenters. The number of benzene rings is 3. The molecule has 3 aromatic carbocycles. The highest BCUT2D eigenvalue weighted by molar-refractivity contribution is 6.42. The lowest BCUT2D eigenvalue weighted by Gasteiger charge is -2.30. The van der Waals surface area contributed by atoms with Crippen LogP contribution in [0.25, 0.3) is 0 Å². The molecular formula is C31H23Cl2N3O8. The van der Waals surface area contributed by atoms with Gasteiger partial charge in [0, 0.05) is 23.3 Å². The van der Waals surface area contributed by atoms with Gasteiger partial charge in [0.25, 0.3) is 23.4 Å². The number of nitrogens with zero attached hydrogens (tertiary/aromatic N) is 3. The molecule has 0 aromatic heterocycles. The van der Waals surface area contributed by atoms with E-state index in [0.29, 0.717) is 12.8 Å². The van der Waals surface area contributed by atoms with E-state index in [0.717, 1.165) is 15.6 Å². The van der Waals surface area contributed by atoms with Gasteiger partial charge in [-0.2, -0.15) is 5.01 Å². The predicted octanol–water partition coefficient (Wildman–Crippen LogP) is 5.70. The molecule has 2 aliphatic rings. The van der Waals surface area contributed by atoms with Gasteiger partial charge in [-0.3, -0.25) is 29.3 Å². The van der Waals surface area contributed by atoms with Crippen molar-refractivity contribution in [3.8, 4) is 5.75 Å². The number of hydrazine groups is 1. The van der Waals surface area contributed by atoms with Crippen LogP contribution in [0.1, 0.15) is 50.8 Å². The maximum atomic E-state index is 13.7. The number of hydrogen-bond donors (Lipinski definition) is 0. The van der Waals surface area contributed by atoms with Crippen molar-refractivity contribution in [2.75, 3.05) is 6.54 Å². The first-order valence-corrected chi connectivity index (χ1v) is 14.1. The van der Waals surface area contributed by atoms with E-state index in [9.17, 15) is 34.1 Å². The number of fused-ring (bicyclic) bond motifs is 1. The lowest BCUT2D eigenvalue weighted by atomic mass is 9.82. The molecule has 1 aliphatic heterocycles. The highest BCUT2D eigenvalue weighted by atomic mass is 35.5. The van der Waals surface area contributed by atoms with E-state index in [-0.39, 0.29) is 38.2 Å². The zero-order valence-electron chi connectivity index (χ0n) is 23.1. The van der Waals surface area contributed by atoms with Gasteiger partial charge in [-0.1, -0.05) is 34.9 Å². The highest BCUT2D eigenvalue weighted by Crippen LogP contribution is 2.39. The van der Waals surface area contributed by atoms with Crippen molar-refractivity contribution in [2.24, 2.45) is 11.8 Å². The van der Waals surface area contributed by atoms with Gasteiger partial charge in [-0.25, -0.2) is 9.80 Å². The number of esters is 1. The van der Waals surface area contributed by atoms with Gasteiger partial charge in [0.2, 0.25) is 0 Å². The van der Waals surface area contributed by atoms with E-state index in [2.05, 4.69) is 0 Å². The quantitative estimate of drug-likeness (QED) is 0.0583. The van der Waals surface area contributed by atoms with Crippen LogP contribution in [0.4, 0.5) is 5.69 Å². The van der Waals surface area contributed by atoms with E-state index < -0.39 is 52.8 Å². The van der Waals surface area contributed by atoms with Crippen molar-refractivity contribution in [2.45, 2.75) is 19.8 Å². The zero-order valence-corrected chi connectivity index (χ0v) is 24.6. The molecule has 1 aliphatic carbocycles. The van der Waals surface area contributed by atoms with Crippen molar-refractivity contribution < 1.29 is 33.6 Å². The summed E-state index contributed by atoms with van der Waals surface area (Å²) in [5.41, 5.74) is 0.991. The average Bonchev–Trinajstić information content (AvgIpc) is 3.25. The van der Waals surface area contributed by atoms with E-state index in [1.807, 2.05) is 13.0 Å². The maximum Gasteiger partial charge on any atom is 0.343 e. The first-order valence-electron chi connectivity index (χ1n) is 13.3. The van der Waals surface area contributed by atoms with Gasteiger partial charge in [-0.05, 0) is 74.4 Å². The van der Waals surface area contributed by atoms with Crippen LogP contribution >= 0.6 is 23.2 Å². The summed E-state index contributed by atoms with van der Waals surface area (Å²) >= 11 is 12.1. The molecule has 3 aromatic rings. The third kappa shape index (κ3) is 6.10. The van der Waals surface area contributed by atoms with Gasteiger partial charge in [0.1, 0.15) is 12.3 Å². The highest BCUT2D eigenvalue weighted by Gasteiger charge is 2.51. The Hall–Kier alpha value is -4.87. The summed E-state index contributed by atoms with van der Waals surface area (Å²) in [6.07, 6.45) is 2.61. The number of Topliss-reactive ketones (excluding diaryl/α,β-unsaturated/α-hetero) is 1. The SMILES string of the molecule is CC1=CC[C@@H]2C(=O)N(N(CC(=O)c3ccc(OC(=O)c4ccc([N+](=O)[O-])cc4)cc3)C(=O)c3ccc(Cl)c(Cl)c3)C(=O)[C@H]2C1. The van der Waals surface area contributed by atoms with Gasteiger partial charge < -0.3 is 4.74 Å². The molecule has 0 unspecified atom stereocenters. The van der Waals surface area contributed by atoms with Crippen LogP contribution in [-0.4, -0.2) is 51.0 Å². The number of non-ortho nitro benzene ring substituents is 1. The molecule has 1 heterocycles. The minimum absolute atomic E-state index is 0.0190. The summed E-state index contributed by atoms with van der Waals surface area (Å²) in [5.74, 6) is -4.50. The van der Waals surface area contributed by atoms with Gasteiger partial charge >= 0.3 is 5.97 Å². The lowest BCUT2D eigenvalue weighted by Crippen LogP contribution is -2.52. The van der Waals surface area contributed by atoms with Crippen molar-refractivity contribution in [1.82, 2.24) is 10.0 Å². The Morgan fingerprint density at radius 1 is 0.909 bits per heavy atom. The fourth-order valence-corrected chi connectivity index (χ4v) is 5.39. The number of carbonyl (C=O) groups is 5. The summed E-state index contributed by atoms with van der Waals surface area (Å²) in [7, 11) is 0. The number of nitro benzene ring substituents is 1. The third-order valence-electron chi connectivity index (χ3n) is 7.44. The van der Waals surface area contributed by atoms with E-state index in [1.165, 1.54) is 66.7 Å². The minimum atomic E-state index is -0.796. The molecule has 1 fully saturated rings. The topological polar surface area (TPSA) is 144 Å². The first kappa shape index (κ1) is 30.6. The Bertz CT molecular complexity index is 1740. The van der Waals surface area contributed by atoms with Crippen LogP contribution < -0.4 is 4.74 Å². The predicted molar refractivity (Wildman–Crippen MR) is 158 cm³/mol. The maximum absolute atomic E-state index is 13.7. The van der Waals surface area contributed by atoms with E-state index in [1.54, 1.807) is 0 Å². The molecule has 0 N–H and O–H groups in total. The Balaban J connectivity index is 1.36. The number of hydrogen-bond acceptors (Lipinski definition) is 8. The molecular weight excluding hydrogens is 613 g/mol. The number of ether oxygens (including phenoxy) is 1. The van der Waals surface area contributed by atoms with E-state index >= 15 is 0 Å². The monoisotopic (exact) mass is 635 g/mol. The molecule has 5 rings (SSSR count). The molecule has 0 saturated carbocycles.